The molecule has 4 rings (SSSR count). The highest BCUT2D eigenvalue weighted by atomic mass is 16.3. The van der Waals surface area contributed by atoms with Crippen molar-refractivity contribution in [3.63, 3.8) is 0 Å². The Morgan fingerprint density at radius 3 is 2.86 bits per heavy atom. The van der Waals surface area contributed by atoms with Gasteiger partial charge in [0.25, 0.3) is 5.91 Å². The average molecular weight is 294 g/mol. The lowest BCUT2D eigenvalue weighted by Crippen LogP contribution is -2.15. The zero-order valence-corrected chi connectivity index (χ0v) is 11.7. The number of phenolic OH excluding ortho intramolecular Hbond substituents is 1. The number of fused-ring (bicyclic) bond motifs is 1. The van der Waals surface area contributed by atoms with Crippen LogP contribution in [0.15, 0.2) is 42.7 Å². The average Bonchev–Trinajstić information content (AvgIpc) is 3.28. The number of carbonyl (C=O) groups excluding carboxylic acids is 1. The standard InChI is InChI=1S/C16H14N4O2/c21-14-12-4-2-1-3-10(12)5-8-13(14)15(22)18-16-19-17-9-20(16)11-6-7-11/h1-5,8-9,11,21H,6-7H2,(H,18,19,22). The smallest absolute Gasteiger partial charge is 0.261 e. The topological polar surface area (TPSA) is 80.0 Å². The zero-order chi connectivity index (χ0) is 15.1. The Labute approximate surface area is 126 Å². The number of nitrogens with one attached hydrogen (secondary N) is 1. The second kappa shape index (κ2) is 4.84. The minimum absolute atomic E-state index is 0.0203. The number of nitrogens with zero attached hydrogens (tertiary/aromatic N) is 3. The molecule has 1 saturated carbocycles. The van der Waals surface area contributed by atoms with Crippen molar-refractivity contribution in [3.05, 3.63) is 48.3 Å². The van der Waals surface area contributed by atoms with Crippen LogP contribution in [0.3, 0.4) is 0 Å². The maximum absolute atomic E-state index is 12.4. The fraction of sp³-hybridized carbons (Fsp3) is 0.188. The summed E-state index contributed by atoms with van der Waals surface area (Å²) in [5.41, 5.74) is 0.226. The lowest BCUT2D eigenvalue weighted by molar-refractivity contribution is 0.102. The van der Waals surface area contributed by atoms with Crippen molar-refractivity contribution in [2.45, 2.75) is 18.9 Å². The van der Waals surface area contributed by atoms with E-state index < -0.39 is 5.91 Å². The van der Waals surface area contributed by atoms with E-state index in [1.165, 1.54) is 0 Å². The Morgan fingerprint density at radius 1 is 1.23 bits per heavy atom. The number of amides is 1. The Morgan fingerprint density at radius 2 is 2.05 bits per heavy atom. The molecule has 0 unspecified atom stereocenters. The van der Waals surface area contributed by atoms with Crippen LogP contribution in [0.5, 0.6) is 5.75 Å². The molecule has 6 heteroatoms. The van der Waals surface area contributed by atoms with Gasteiger partial charge in [0.1, 0.15) is 12.1 Å². The molecule has 3 aromatic rings. The summed E-state index contributed by atoms with van der Waals surface area (Å²) in [4.78, 5) is 12.4. The predicted molar refractivity (Wildman–Crippen MR) is 81.9 cm³/mol. The molecule has 6 nitrogen and oxygen atoms in total. The highest BCUT2D eigenvalue weighted by molar-refractivity contribution is 6.09. The van der Waals surface area contributed by atoms with Crippen LogP contribution in [0, 0.1) is 0 Å². The molecule has 0 bridgehead atoms. The van der Waals surface area contributed by atoms with Gasteiger partial charge in [-0.25, -0.2) is 0 Å². The van der Waals surface area contributed by atoms with Crippen molar-refractivity contribution in [2.24, 2.45) is 0 Å². The van der Waals surface area contributed by atoms with Crippen molar-refractivity contribution in [2.75, 3.05) is 5.32 Å². The van der Waals surface area contributed by atoms with Crippen LogP contribution in [-0.4, -0.2) is 25.8 Å². The summed E-state index contributed by atoms with van der Waals surface area (Å²) in [6.45, 7) is 0. The normalized spacial score (nSPS) is 14.2. The van der Waals surface area contributed by atoms with E-state index in [9.17, 15) is 9.90 Å². The van der Waals surface area contributed by atoms with Crippen molar-refractivity contribution in [1.29, 1.82) is 0 Å². The van der Waals surface area contributed by atoms with E-state index >= 15 is 0 Å². The molecule has 1 aliphatic carbocycles. The van der Waals surface area contributed by atoms with Crippen LogP contribution >= 0.6 is 0 Å². The molecule has 0 aliphatic heterocycles. The summed E-state index contributed by atoms with van der Waals surface area (Å²) < 4.78 is 1.86. The Hall–Kier alpha value is -2.89. The predicted octanol–water partition coefficient (Wildman–Crippen LogP) is 2.72. The SMILES string of the molecule is O=C(Nc1nncn1C1CC1)c1ccc2ccccc2c1O. The number of rotatable bonds is 3. The number of anilines is 1. The number of benzene rings is 2. The van der Waals surface area contributed by atoms with Crippen molar-refractivity contribution in [1.82, 2.24) is 14.8 Å². The van der Waals surface area contributed by atoms with Crippen molar-refractivity contribution in [3.8, 4) is 5.75 Å². The third-order valence-corrected chi connectivity index (χ3v) is 3.88. The van der Waals surface area contributed by atoms with E-state index in [1.807, 2.05) is 28.8 Å². The first-order valence-corrected chi connectivity index (χ1v) is 7.15. The van der Waals surface area contributed by atoms with Gasteiger partial charge in [0.15, 0.2) is 0 Å². The minimum atomic E-state index is -0.391. The molecule has 1 amide bonds. The van der Waals surface area contributed by atoms with Gasteiger partial charge in [-0.15, -0.1) is 10.2 Å². The quantitative estimate of drug-likeness (QED) is 0.778. The lowest BCUT2D eigenvalue weighted by atomic mass is 10.0. The van der Waals surface area contributed by atoms with Gasteiger partial charge in [0.05, 0.1) is 5.56 Å². The molecule has 0 saturated heterocycles. The van der Waals surface area contributed by atoms with Crippen LogP contribution in [0.25, 0.3) is 10.8 Å². The maximum atomic E-state index is 12.4. The highest BCUT2D eigenvalue weighted by Crippen LogP contribution is 2.36. The van der Waals surface area contributed by atoms with Gasteiger partial charge in [-0.1, -0.05) is 30.3 Å². The fourth-order valence-electron chi connectivity index (χ4n) is 2.56. The Kier molecular flexibility index (Phi) is 2.82. The maximum Gasteiger partial charge on any atom is 0.261 e. The summed E-state index contributed by atoms with van der Waals surface area (Å²) in [6, 6.07) is 11.2. The van der Waals surface area contributed by atoms with E-state index in [0.29, 0.717) is 17.4 Å². The van der Waals surface area contributed by atoms with Crippen LogP contribution in [0.2, 0.25) is 0 Å². The summed E-state index contributed by atoms with van der Waals surface area (Å²) in [6.07, 6.45) is 3.76. The van der Waals surface area contributed by atoms with E-state index in [-0.39, 0.29) is 11.3 Å². The first kappa shape index (κ1) is 12.8. The van der Waals surface area contributed by atoms with Crippen molar-refractivity contribution < 1.29 is 9.90 Å². The number of hydrogen-bond donors (Lipinski definition) is 2. The second-order valence-electron chi connectivity index (χ2n) is 5.43. The molecule has 22 heavy (non-hydrogen) atoms. The fourth-order valence-corrected chi connectivity index (χ4v) is 2.56. The zero-order valence-electron chi connectivity index (χ0n) is 11.7. The molecule has 1 aromatic heterocycles. The Bertz CT molecular complexity index is 867. The van der Waals surface area contributed by atoms with Gasteiger partial charge in [-0.2, -0.15) is 0 Å². The molecular formula is C16H14N4O2. The van der Waals surface area contributed by atoms with Gasteiger partial charge in [0, 0.05) is 11.4 Å². The lowest BCUT2D eigenvalue weighted by Gasteiger charge is -2.09. The van der Waals surface area contributed by atoms with E-state index in [4.69, 9.17) is 0 Å². The van der Waals surface area contributed by atoms with Gasteiger partial charge in [-0.05, 0) is 24.3 Å². The molecule has 1 aliphatic rings. The summed E-state index contributed by atoms with van der Waals surface area (Å²) in [5.74, 6) is 0.00583. The van der Waals surface area contributed by atoms with Crippen LogP contribution < -0.4 is 5.32 Å². The molecule has 110 valence electrons. The summed E-state index contributed by atoms with van der Waals surface area (Å²) in [5, 5.41) is 22.4. The van der Waals surface area contributed by atoms with E-state index in [2.05, 4.69) is 15.5 Å². The van der Waals surface area contributed by atoms with Gasteiger partial charge in [0.2, 0.25) is 5.95 Å². The van der Waals surface area contributed by atoms with E-state index in [0.717, 1.165) is 18.2 Å². The first-order valence-electron chi connectivity index (χ1n) is 7.15. The van der Waals surface area contributed by atoms with Gasteiger partial charge in [-0.3, -0.25) is 14.7 Å². The molecule has 0 spiro atoms. The molecule has 1 fully saturated rings. The molecule has 0 radical (unpaired) electrons. The molecule has 0 atom stereocenters. The van der Waals surface area contributed by atoms with Crippen LogP contribution in [-0.2, 0) is 0 Å². The number of phenols is 1. The molecule has 2 aromatic carbocycles. The number of carbonyl (C=O) groups is 1. The van der Waals surface area contributed by atoms with Crippen LogP contribution in [0.1, 0.15) is 29.2 Å². The van der Waals surface area contributed by atoms with E-state index in [1.54, 1.807) is 18.5 Å². The summed E-state index contributed by atoms with van der Waals surface area (Å²) in [7, 11) is 0. The van der Waals surface area contributed by atoms with Crippen LogP contribution in [0.4, 0.5) is 5.95 Å². The first-order chi connectivity index (χ1) is 10.7. The number of aromatic nitrogens is 3. The van der Waals surface area contributed by atoms with Crippen molar-refractivity contribution >= 4 is 22.6 Å². The van der Waals surface area contributed by atoms with Gasteiger partial charge >= 0.3 is 0 Å². The highest BCUT2D eigenvalue weighted by Gasteiger charge is 2.27. The molecule has 1 heterocycles. The largest absolute Gasteiger partial charge is 0.506 e. The molecule has 2 N–H and O–H groups in total. The molecular weight excluding hydrogens is 280 g/mol. The van der Waals surface area contributed by atoms with Gasteiger partial charge < -0.3 is 5.11 Å². The minimum Gasteiger partial charge on any atom is -0.506 e. The summed E-state index contributed by atoms with van der Waals surface area (Å²) >= 11 is 0. The number of aromatic hydroxyl groups is 1. The Balaban J connectivity index is 1.67. The third kappa shape index (κ3) is 2.09. The number of hydrogen-bond acceptors (Lipinski definition) is 4. The second-order valence-corrected chi connectivity index (χ2v) is 5.43. The monoisotopic (exact) mass is 294 g/mol. The third-order valence-electron chi connectivity index (χ3n) is 3.88.